The first kappa shape index (κ1) is 15.2. The van der Waals surface area contributed by atoms with Gasteiger partial charge in [0, 0.05) is 40.3 Å². The maximum atomic E-state index is 11.2. The van der Waals surface area contributed by atoms with Crippen molar-refractivity contribution >= 4 is 33.1 Å². The lowest BCUT2D eigenvalue weighted by Crippen LogP contribution is -2.23. The maximum absolute atomic E-state index is 11.2. The van der Waals surface area contributed by atoms with Crippen molar-refractivity contribution in [3.8, 4) is 0 Å². The third kappa shape index (κ3) is 3.29. The van der Waals surface area contributed by atoms with Crippen molar-refractivity contribution in [1.82, 2.24) is 4.57 Å². The largest absolute Gasteiger partial charge is 0.351 e. The van der Waals surface area contributed by atoms with Crippen LogP contribution in [-0.4, -0.2) is 30.4 Å². The van der Waals surface area contributed by atoms with E-state index in [1.165, 1.54) is 0 Å². The number of benzene rings is 1. The third-order valence-electron chi connectivity index (χ3n) is 3.05. The summed E-state index contributed by atoms with van der Waals surface area (Å²) in [6, 6.07) is 5.90. The van der Waals surface area contributed by atoms with E-state index in [0.717, 1.165) is 21.7 Å². The molecule has 0 aliphatic carbocycles. The molecule has 1 aromatic carbocycles. The molecule has 0 unspecified atom stereocenters. The van der Waals surface area contributed by atoms with Crippen molar-refractivity contribution in [2.45, 2.75) is 26.7 Å². The van der Waals surface area contributed by atoms with Crippen molar-refractivity contribution in [3.05, 3.63) is 34.4 Å². The van der Waals surface area contributed by atoms with Gasteiger partial charge in [-0.05, 0) is 32.0 Å². The monoisotopic (exact) mass is 339 g/mol. The standard InChI is InChI=1S/C15H18BrNO3/c1-3-19-15(20-4-2)9-17-8-11(10-18)13-7-12(16)5-6-14(13)17/h5-8,10,15H,3-4,9H2,1-2H3. The second-order valence-corrected chi connectivity index (χ2v) is 5.27. The molecule has 20 heavy (non-hydrogen) atoms. The van der Waals surface area contributed by atoms with E-state index < -0.39 is 0 Å². The summed E-state index contributed by atoms with van der Waals surface area (Å²) in [7, 11) is 0. The quantitative estimate of drug-likeness (QED) is 0.571. The number of hydrogen-bond donors (Lipinski definition) is 0. The van der Waals surface area contributed by atoms with Crippen molar-refractivity contribution in [3.63, 3.8) is 0 Å². The zero-order valence-corrected chi connectivity index (χ0v) is 13.2. The summed E-state index contributed by atoms with van der Waals surface area (Å²) in [5.74, 6) is 0. The van der Waals surface area contributed by atoms with E-state index in [-0.39, 0.29) is 6.29 Å². The van der Waals surface area contributed by atoms with E-state index >= 15 is 0 Å². The van der Waals surface area contributed by atoms with Gasteiger partial charge >= 0.3 is 0 Å². The summed E-state index contributed by atoms with van der Waals surface area (Å²) < 4.78 is 14.1. The molecule has 0 saturated carbocycles. The van der Waals surface area contributed by atoms with Gasteiger partial charge < -0.3 is 14.0 Å². The Hall–Kier alpha value is -1.17. The minimum atomic E-state index is -0.302. The van der Waals surface area contributed by atoms with Gasteiger partial charge in [0.15, 0.2) is 12.6 Å². The first-order valence-corrected chi connectivity index (χ1v) is 7.45. The fourth-order valence-corrected chi connectivity index (χ4v) is 2.59. The van der Waals surface area contributed by atoms with E-state index in [1.807, 2.05) is 42.8 Å². The molecule has 1 aromatic heterocycles. The Kier molecular flexibility index (Phi) is 5.34. The summed E-state index contributed by atoms with van der Waals surface area (Å²) in [5.41, 5.74) is 1.67. The molecule has 108 valence electrons. The van der Waals surface area contributed by atoms with Crippen LogP contribution in [0.15, 0.2) is 28.9 Å². The van der Waals surface area contributed by atoms with Gasteiger partial charge in [0.05, 0.1) is 6.54 Å². The van der Waals surface area contributed by atoms with Crippen molar-refractivity contribution in [1.29, 1.82) is 0 Å². The Bertz CT molecular complexity index is 588. The van der Waals surface area contributed by atoms with Gasteiger partial charge in [-0.25, -0.2) is 0 Å². The fourth-order valence-electron chi connectivity index (χ4n) is 2.23. The molecule has 0 saturated heterocycles. The van der Waals surface area contributed by atoms with Crippen LogP contribution in [0, 0.1) is 0 Å². The van der Waals surface area contributed by atoms with Gasteiger partial charge in [-0.2, -0.15) is 0 Å². The first-order chi connectivity index (χ1) is 9.69. The summed E-state index contributed by atoms with van der Waals surface area (Å²) >= 11 is 3.43. The molecule has 0 aliphatic heterocycles. The van der Waals surface area contributed by atoms with Crippen LogP contribution in [0.25, 0.3) is 10.9 Å². The van der Waals surface area contributed by atoms with Gasteiger partial charge in [0.25, 0.3) is 0 Å². The topological polar surface area (TPSA) is 40.5 Å². The van der Waals surface area contributed by atoms with Gasteiger partial charge in [0.2, 0.25) is 0 Å². The molecular formula is C15H18BrNO3. The van der Waals surface area contributed by atoms with Gasteiger partial charge in [0.1, 0.15) is 0 Å². The number of carbonyl (C=O) groups excluding carboxylic acids is 1. The van der Waals surface area contributed by atoms with Crippen LogP contribution in [0.5, 0.6) is 0 Å². The summed E-state index contributed by atoms with van der Waals surface area (Å²) in [5, 5.41) is 0.932. The molecule has 0 amide bonds. The lowest BCUT2D eigenvalue weighted by atomic mass is 10.2. The van der Waals surface area contributed by atoms with Crippen LogP contribution in [-0.2, 0) is 16.0 Å². The Balaban J connectivity index is 2.36. The molecule has 0 radical (unpaired) electrons. The van der Waals surface area contributed by atoms with Gasteiger partial charge in [-0.15, -0.1) is 0 Å². The van der Waals surface area contributed by atoms with Crippen molar-refractivity contribution < 1.29 is 14.3 Å². The van der Waals surface area contributed by atoms with E-state index in [1.54, 1.807) is 0 Å². The van der Waals surface area contributed by atoms with E-state index in [9.17, 15) is 4.79 Å². The van der Waals surface area contributed by atoms with Crippen molar-refractivity contribution in [2.75, 3.05) is 13.2 Å². The van der Waals surface area contributed by atoms with E-state index in [4.69, 9.17) is 9.47 Å². The van der Waals surface area contributed by atoms with E-state index in [2.05, 4.69) is 15.9 Å². The molecule has 2 rings (SSSR count). The molecule has 0 N–H and O–H groups in total. The number of aromatic nitrogens is 1. The van der Waals surface area contributed by atoms with E-state index in [0.29, 0.717) is 25.3 Å². The first-order valence-electron chi connectivity index (χ1n) is 6.66. The van der Waals surface area contributed by atoms with Crippen LogP contribution >= 0.6 is 15.9 Å². The Labute approximate surface area is 126 Å². The van der Waals surface area contributed by atoms with Gasteiger partial charge in [-0.3, -0.25) is 4.79 Å². The number of rotatable bonds is 7. The average Bonchev–Trinajstić information content (AvgIpc) is 2.76. The number of ether oxygens (including phenoxy) is 2. The average molecular weight is 340 g/mol. The van der Waals surface area contributed by atoms with Crippen LogP contribution in [0.3, 0.4) is 0 Å². The molecule has 1 heterocycles. The lowest BCUT2D eigenvalue weighted by molar-refractivity contribution is -0.143. The Morgan fingerprint density at radius 1 is 1.30 bits per heavy atom. The minimum Gasteiger partial charge on any atom is -0.351 e. The molecule has 0 fully saturated rings. The highest BCUT2D eigenvalue weighted by Crippen LogP contribution is 2.24. The van der Waals surface area contributed by atoms with Crippen LogP contribution in [0.4, 0.5) is 0 Å². The van der Waals surface area contributed by atoms with Crippen LogP contribution in [0.2, 0.25) is 0 Å². The smallest absolute Gasteiger partial charge is 0.175 e. The third-order valence-corrected chi connectivity index (χ3v) is 3.55. The molecule has 0 spiro atoms. The normalized spacial score (nSPS) is 11.4. The molecule has 0 aliphatic rings. The Morgan fingerprint density at radius 2 is 2.00 bits per heavy atom. The number of nitrogens with zero attached hydrogens (tertiary/aromatic N) is 1. The second-order valence-electron chi connectivity index (χ2n) is 4.36. The highest BCUT2D eigenvalue weighted by Gasteiger charge is 2.13. The minimum absolute atomic E-state index is 0.302. The van der Waals surface area contributed by atoms with Gasteiger partial charge in [-0.1, -0.05) is 15.9 Å². The zero-order valence-electron chi connectivity index (χ0n) is 11.6. The van der Waals surface area contributed by atoms with Crippen molar-refractivity contribution in [2.24, 2.45) is 0 Å². The predicted octanol–water partition coefficient (Wildman–Crippen LogP) is 3.62. The maximum Gasteiger partial charge on any atom is 0.175 e. The lowest BCUT2D eigenvalue weighted by Gasteiger charge is -2.18. The van der Waals surface area contributed by atoms with Crippen LogP contribution in [0.1, 0.15) is 24.2 Å². The molecule has 0 atom stereocenters. The molecule has 4 nitrogen and oxygen atoms in total. The molecule has 0 bridgehead atoms. The highest BCUT2D eigenvalue weighted by atomic mass is 79.9. The predicted molar refractivity (Wildman–Crippen MR) is 82.1 cm³/mol. The number of aldehydes is 1. The summed E-state index contributed by atoms with van der Waals surface area (Å²) in [6.07, 6.45) is 2.42. The number of hydrogen-bond acceptors (Lipinski definition) is 3. The summed E-state index contributed by atoms with van der Waals surface area (Å²) in [6.45, 7) is 5.63. The number of fused-ring (bicyclic) bond motifs is 1. The second kappa shape index (κ2) is 7.02. The Morgan fingerprint density at radius 3 is 2.60 bits per heavy atom. The number of halogens is 1. The fraction of sp³-hybridized carbons (Fsp3) is 0.400. The SMILES string of the molecule is CCOC(Cn1cc(C=O)c2cc(Br)ccc21)OCC. The molecular weight excluding hydrogens is 322 g/mol. The zero-order chi connectivity index (χ0) is 14.5. The highest BCUT2D eigenvalue weighted by molar-refractivity contribution is 9.10. The summed E-state index contributed by atoms with van der Waals surface area (Å²) in [4.78, 5) is 11.2. The molecule has 2 aromatic rings. The number of carbonyl (C=O) groups is 1. The van der Waals surface area contributed by atoms with Crippen LogP contribution < -0.4 is 0 Å². The molecule has 5 heteroatoms.